The van der Waals surface area contributed by atoms with E-state index in [1.54, 1.807) is 6.33 Å². The molecule has 0 unspecified atom stereocenters. The van der Waals surface area contributed by atoms with Gasteiger partial charge in [0.25, 0.3) is 0 Å². The van der Waals surface area contributed by atoms with Crippen molar-refractivity contribution >= 4 is 11.5 Å². The summed E-state index contributed by atoms with van der Waals surface area (Å²) in [4.78, 5) is 6.76. The molecule has 2 N–H and O–H groups in total. The van der Waals surface area contributed by atoms with Crippen molar-refractivity contribution in [2.45, 2.75) is 19.4 Å². The Labute approximate surface area is 119 Å². The SMILES string of the molecule is C=CCn1cnc(-c2ccc3c(c2)CCCN3C)c1N. The number of hydrogen-bond donors (Lipinski definition) is 1. The molecule has 1 aliphatic heterocycles. The van der Waals surface area contributed by atoms with Crippen LogP contribution in [0.4, 0.5) is 11.5 Å². The lowest BCUT2D eigenvalue weighted by molar-refractivity contribution is 0.745. The Bertz CT molecular complexity index is 642. The number of nitrogens with two attached hydrogens (primary N) is 1. The molecule has 2 heterocycles. The number of allylic oxidation sites excluding steroid dienone is 1. The summed E-state index contributed by atoms with van der Waals surface area (Å²) < 4.78 is 1.91. The zero-order valence-corrected chi connectivity index (χ0v) is 11.8. The summed E-state index contributed by atoms with van der Waals surface area (Å²) in [6.07, 6.45) is 5.93. The Morgan fingerprint density at radius 1 is 1.45 bits per heavy atom. The molecule has 0 atom stereocenters. The summed E-state index contributed by atoms with van der Waals surface area (Å²) in [5.74, 6) is 0.703. The van der Waals surface area contributed by atoms with E-state index in [2.05, 4.69) is 41.7 Å². The first-order valence-corrected chi connectivity index (χ1v) is 6.96. The van der Waals surface area contributed by atoms with Gasteiger partial charge in [0.2, 0.25) is 0 Å². The summed E-state index contributed by atoms with van der Waals surface area (Å²) in [5, 5.41) is 0. The lowest BCUT2D eigenvalue weighted by atomic mass is 9.98. The van der Waals surface area contributed by atoms with E-state index in [0.717, 1.165) is 24.2 Å². The molecular formula is C16H20N4. The van der Waals surface area contributed by atoms with Gasteiger partial charge in [0.1, 0.15) is 11.5 Å². The second-order valence-corrected chi connectivity index (χ2v) is 5.29. The van der Waals surface area contributed by atoms with Gasteiger partial charge in [-0.3, -0.25) is 0 Å². The van der Waals surface area contributed by atoms with Gasteiger partial charge in [-0.15, -0.1) is 6.58 Å². The molecule has 104 valence electrons. The molecule has 0 saturated heterocycles. The highest BCUT2D eigenvalue weighted by Gasteiger charge is 2.16. The van der Waals surface area contributed by atoms with Gasteiger partial charge in [0.05, 0.1) is 6.33 Å². The second kappa shape index (κ2) is 5.04. The van der Waals surface area contributed by atoms with Gasteiger partial charge < -0.3 is 15.2 Å². The molecule has 4 heteroatoms. The molecular weight excluding hydrogens is 248 g/mol. The summed E-state index contributed by atoms with van der Waals surface area (Å²) in [5.41, 5.74) is 10.8. The number of benzene rings is 1. The quantitative estimate of drug-likeness (QED) is 0.871. The van der Waals surface area contributed by atoms with E-state index in [1.807, 2.05) is 10.6 Å². The summed E-state index contributed by atoms with van der Waals surface area (Å²) in [6, 6.07) is 6.51. The third kappa shape index (κ3) is 2.07. The van der Waals surface area contributed by atoms with E-state index in [0.29, 0.717) is 12.4 Å². The van der Waals surface area contributed by atoms with Gasteiger partial charge in [-0.05, 0) is 30.5 Å². The van der Waals surface area contributed by atoms with Crippen LogP contribution in [0, 0.1) is 0 Å². The topological polar surface area (TPSA) is 47.1 Å². The Morgan fingerprint density at radius 2 is 2.30 bits per heavy atom. The van der Waals surface area contributed by atoms with Gasteiger partial charge in [-0.25, -0.2) is 4.98 Å². The first-order valence-electron chi connectivity index (χ1n) is 6.96. The first-order chi connectivity index (χ1) is 9.70. The third-order valence-electron chi connectivity index (χ3n) is 3.91. The first kappa shape index (κ1) is 12.8. The molecule has 3 rings (SSSR count). The average Bonchev–Trinajstić information content (AvgIpc) is 2.81. The molecule has 0 fully saturated rings. The third-order valence-corrected chi connectivity index (χ3v) is 3.91. The summed E-state index contributed by atoms with van der Waals surface area (Å²) in [6.45, 7) is 5.55. The van der Waals surface area contributed by atoms with Crippen LogP contribution in [-0.4, -0.2) is 23.1 Å². The smallest absolute Gasteiger partial charge is 0.131 e. The van der Waals surface area contributed by atoms with E-state index >= 15 is 0 Å². The molecule has 1 aromatic carbocycles. The largest absolute Gasteiger partial charge is 0.383 e. The number of imidazole rings is 1. The Balaban J connectivity index is 2.01. The minimum Gasteiger partial charge on any atom is -0.383 e. The lowest BCUT2D eigenvalue weighted by Gasteiger charge is -2.27. The van der Waals surface area contributed by atoms with E-state index in [-0.39, 0.29) is 0 Å². The number of hydrogen-bond acceptors (Lipinski definition) is 3. The molecule has 0 spiro atoms. The van der Waals surface area contributed by atoms with Crippen LogP contribution in [0.3, 0.4) is 0 Å². The molecule has 0 bridgehead atoms. The molecule has 1 aromatic heterocycles. The fourth-order valence-corrected chi connectivity index (χ4v) is 2.83. The monoisotopic (exact) mass is 268 g/mol. The highest BCUT2D eigenvalue weighted by Crippen LogP contribution is 2.32. The predicted octanol–water partition coefficient (Wildman–Crippen LogP) is 2.70. The van der Waals surface area contributed by atoms with Crippen molar-refractivity contribution in [3.8, 4) is 11.3 Å². The van der Waals surface area contributed by atoms with Crippen molar-refractivity contribution in [3.05, 3.63) is 42.7 Å². The summed E-state index contributed by atoms with van der Waals surface area (Å²) >= 11 is 0. The minimum absolute atomic E-state index is 0.687. The fraction of sp³-hybridized carbons (Fsp3) is 0.312. The zero-order valence-electron chi connectivity index (χ0n) is 11.8. The minimum atomic E-state index is 0.687. The van der Waals surface area contributed by atoms with Crippen molar-refractivity contribution in [1.29, 1.82) is 0 Å². The van der Waals surface area contributed by atoms with Crippen LogP contribution in [0.15, 0.2) is 37.2 Å². The fourth-order valence-electron chi connectivity index (χ4n) is 2.83. The molecule has 0 aliphatic carbocycles. The maximum Gasteiger partial charge on any atom is 0.131 e. The average molecular weight is 268 g/mol. The van der Waals surface area contributed by atoms with Crippen LogP contribution >= 0.6 is 0 Å². The molecule has 1 aliphatic rings. The zero-order chi connectivity index (χ0) is 14.1. The van der Waals surface area contributed by atoms with Crippen molar-refractivity contribution in [2.24, 2.45) is 0 Å². The van der Waals surface area contributed by atoms with Crippen molar-refractivity contribution in [1.82, 2.24) is 9.55 Å². The van der Waals surface area contributed by atoms with Crippen LogP contribution in [0.25, 0.3) is 11.3 Å². The van der Waals surface area contributed by atoms with Gasteiger partial charge >= 0.3 is 0 Å². The van der Waals surface area contributed by atoms with Crippen LogP contribution in [0.2, 0.25) is 0 Å². The molecule has 20 heavy (non-hydrogen) atoms. The Morgan fingerprint density at radius 3 is 3.10 bits per heavy atom. The normalized spacial score (nSPS) is 14.2. The van der Waals surface area contributed by atoms with Crippen LogP contribution in [0.1, 0.15) is 12.0 Å². The number of rotatable bonds is 3. The van der Waals surface area contributed by atoms with Crippen molar-refractivity contribution in [3.63, 3.8) is 0 Å². The standard InChI is InChI=1S/C16H20N4/c1-3-8-20-11-18-15(16(20)17)13-6-7-14-12(10-13)5-4-9-19(14)2/h3,6-7,10-11H,1,4-5,8-9,17H2,2H3. The predicted molar refractivity (Wildman–Crippen MR) is 83.9 cm³/mol. The van der Waals surface area contributed by atoms with Crippen molar-refractivity contribution in [2.75, 3.05) is 24.2 Å². The lowest BCUT2D eigenvalue weighted by Crippen LogP contribution is -2.24. The maximum absolute atomic E-state index is 6.17. The number of anilines is 2. The number of nitrogens with zero attached hydrogens (tertiary/aromatic N) is 3. The van der Waals surface area contributed by atoms with Crippen molar-refractivity contribution < 1.29 is 0 Å². The molecule has 0 radical (unpaired) electrons. The van der Waals surface area contributed by atoms with E-state index in [1.165, 1.54) is 17.7 Å². The number of nitrogen functional groups attached to an aromatic ring is 1. The van der Waals surface area contributed by atoms with E-state index in [9.17, 15) is 0 Å². The van der Waals surface area contributed by atoms with Crippen LogP contribution < -0.4 is 10.6 Å². The molecule has 2 aromatic rings. The number of aryl methyl sites for hydroxylation is 1. The van der Waals surface area contributed by atoms with Gasteiger partial charge in [-0.2, -0.15) is 0 Å². The highest BCUT2D eigenvalue weighted by molar-refractivity contribution is 5.74. The maximum atomic E-state index is 6.17. The number of fused-ring (bicyclic) bond motifs is 1. The molecule has 0 amide bonds. The van der Waals surface area contributed by atoms with Crippen LogP contribution in [-0.2, 0) is 13.0 Å². The summed E-state index contributed by atoms with van der Waals surface area (Å²) in [7, 11) is 2.14. The van der Waals surface area contributed by atoms with Gasteiger partial charge in [-0.1, -0.05) is 12.1 Å². The van der Waals surface area contributed by atoms with Gasteiger partial charge in [0, 0.05) is 31.4 Å². The van der Waals surface area contributed by atoms with Gasteiger partial charge in [0.15, 0.2) is 0 Å². The Hall–Kier alpha value is -2.23. The van der Waals surface area contributed by atoms with E-state index < -0.39 is 0 Å². The Kier molecular flexibility index (Phi) is 3.22. The number of aromatic nitrogens is 2. The second-order valence-electron chi connectivity index (χ2n) is 5.29. The highest BCUT2D eigenvalue weighted by atomic mass is 15.1. The molecule has 4 nitrogen and oxygen atoms in total. The molecule has 0 saturated carbocycles. The van der Waals surface area contributed by atoms with E-state index in [4.69, 9.17) is 5.73 Å². The van der Waals surface area contributed by atoms with Crippen LogP contribution in [0.5, 0.6) is 0 Å².